The molecule has 270 valence electrons. The zero-order valence-electron chi connectivity index (χ0n) is 28.6. The van der Waals surface area contributed by atoms with E-state index in [9.17, 15) is 13.6 Å². The van der Waals surface area contributed by atoms with Crippen molar-refractivity contribution in [2.45, 2.75) is 43.8 Å². The van der Waals surface area contributed by atoms with Crippen molar-refractivity contribution in [2.24, 2.45) is 5.41 Å². The molecule has 1 amide bonds. The van der Waals surface area contributed by atoms with Gasteiger partial charge in [0.1, 0.15) is 29.9 Å². The number of hydrogen-bond donors (Lipinski definition) is 1. The summed E-state index contributed by atoms with van der Waals surface area (Å²) >= 11 is 7.86. The Labute approximate surface area is 303 Å². The molecule has 0 aliphatic carbocycles. The minimum Gasteiger partial charge on any atom is -0.461 e. The molecular weight excluding hydrogens is 701 g/mol. The summed E-state index contributed by atoms with van der Waals surface area (Å²) in [5, 5.41) is 0.651. The zero-order chi connectivity index (χ0) is 35.7. The highest BCUT2D eigenvalue weighted by Gasteiger charge is 2.50. The molecule has 4 saturated heterocycles. The van der Waals surface area contributed by atoms with Crippen LogP contribution in [0.15, 0.2) is 30.4 Å². The molecule has 15 heteroatoms. The first kappa shape index (κ1) is 34.4. The van der Waals surface area contributed by atoms with E-state index < -0.39 is 23.3 Å². The number of carbonyl (C=O) groups is 1. The Hall–Kier alpha value is -3.72. The zero-order valence-corrected chi connectivity index (χ0v) is 30.2. The van der Waals surface area contributed by atoms with Crippen molar-refractivity contribution in [3.63, 3.8) is 0 Å². The van der Waals surface area contributed by atoms with Crippen molar-refractivity contribution in [1.29, 1.82) is 0 Å². The van der Waals surface area contributed by atoms with Crippen molar-refractivity contribution in [3.8, 4) is 17.1 Å². The molecule has 51 heavy (non-hydrogen) atoms. The van der Waals surface area contributed by atoms with Gasteiger partial charge in [-0.15, -0.1) is 0 Å². The third-order valence-corrected chi connectivity index (χ3v) is 12.1. The fourth-order valence-corrected chi connectivity index (χ4v) is 9.65. The predicted molar refractivity (Wildman–Crippen MR) is 194 cm³/mol. The molecule has 4 aliphatic heterocycles. The van der Waals surface area contributed by atoms with Crippen LogP contribution in [0.1, 0.15) is 32.1 Å². The number of alkyl halides is 1. The Morgan fingerprint density at radius 1 is 1.14 bits per heavy atom. The molecule has 1 spiro atoms. The van der Waals surface area contributed by atoms with Gasteiger partial charge in [-0.1, -0.05) is 29.0 Å². The summed E-state index contributed by atoms with van der Waals surface area (Å²) < 4.78 is 52.8. The Morgan fingerprint density at radius 2 is 1.94 bits per heavy atom. The number of ether oxygens (including phenoxy) is 1. The normalized spacial score (nSPS) is 23.3. The number of nitrogen functional groups attached to an aromatic ring is 1. The number of hydrogen-bond acceptors (Lipinski definition) is 10. The van der Waals surface area contributed by atoms with Crippen molar-refractivity contribution in [3.05, 3.63) is 47.0 Å². The Morgan fingerprint density at radius 3 is 2.75 bits per heavy atom. The van der Waals surface area contributed by atoms with Crippen LogP contribution < -0.4 is 15.4 Å². The quantitative estimate of drug-likeness (QED) is 0.221. The number of thiazole rings is 1. The van der Waals surface area contributed by atoms with E-state index in [4.69, 9.17) is 27.1 Å². The Bertz CT molecular complexity index is 2060. The third-order valence-electron chi connectivity index (χ3n) is 10.9. The first-order chi connectivity index (χ1) is 24.4. The number of likely N-dealkylation sites (tertiary alicyclic amines) is 1. The number of piperidine rings is 1. The number of amides is 1. The fourth-order valence-electron chi connectivity index (χ4n) is 8.59. The van der Waals surface area contributed by atoms with E-state index in [1.54, 1.807) is 12.1 Å². The number of carbonyl (C=O) groups excluding carboxylic acids is 1. The van der Waals surface area contributed by atoms with Crippen LogP contribution in [0.5, 0.6) is 6.01 Å². The Balaban J connectivity index is 1.17. The van der Waals surface area contributed by atoms with Gasteiger partial charge >= 0.3 is 6.01 Å². The first-order valence-corrected chi connectivity index (χ1v) is 18.6. The van der Waals surface area contributed by atoms with Crippen LogP contribution in [0.4, 0.5) is 24.1 Å². The molecule has 6 heterocycles. The molecule has 2 N–H and O–H groups in total. The lowest BCUT2D eigenvalue weighted by Crippen LogP contribution is -2.64. The maximum Gasteiger partial charge on any atom is 0.319 e. The summed E-state index contributed by atoms with van der Waals surface area (Å²) in [5.74, 6) is -0.755. The molecule has 2 atom stereocenters. The molecular formula is C36H40ClF3N8O2S. The standard InChI is InChI=1S/C36H40ClF3N8O2S/c1-45(2)11-3-6-26(49)47-18-35(19-47)9-4-12-46(17-35)32-23-14-24(37)27(22-7-8-25(39)31-30(22)42-33(41)51-31)28(40)29(23)43-34(44-32)50-20-36-10-5-13-48(36)16-21(38)15-36/h3,6-8,14,21H,4-5,9-13,15-20H2,1-2H3,(H2,41,42)/b6-3+/t21-,36+/m1/s1. The van der Waals surface area contributed by atoms with Crippen LogP contribution in [0.3, 0.4) is 0 Å². The monoisotopic (exact) mass is 740 g/mol. The van der Waals surface area contributed by atoms with Gasteiger partial charge in [-0.05, 0) is 64.5 Å². The molecule has 10 nitrogen and oxygen atoms in total. The molecule has 2 aromatic carbocycles. The second kappa shape index (κ2) is 13.0. The number of aromatic nitrogens is 3. The van der Waals surface area contributed by atoms with E-state index in [-0.39, 0.29) is 55.4 Å². The summed E-state index contributed by atoms with van der Waals surface area (Å²) in [5.41, 5.74) is 5.88. The number of anilines is 2. The van der Waals surface area contributed by atoms with Gasteiger partial charge in [0.15, 0.2) is 10.9 Å². The first-order valence-electron chi connectivity index (χ1n) is 17.4. The number of rotatable bonds is 8. The molecule has 4 fully saturated rings. The van der Waals surface area contributed by atoms with Crippen molar-refractivity contribution >= 4 is 60.9 Å². The van der Waals surface area contributed by atoms with Gasteiger partial charge in [-0.2, -0.15) is 9.97 Å². The summed E-state index contributed by atoms with van der Waals surface area (Å²) in [6.07, 6.45) is 6.48. The Kier molecular flexibility index (Phi) is 8.79. The molecule has 4 aliphatic rings. The highest BCUT2D eigenvalue weighted by Crippen LogP contribution is 2.46. The average Bonchev–Trinajstić information content (AvgIpc) is 3.75. The molecule has 0 unspecified atom stereocenters. The number of fused-ring (bicyclic) bond motifs is 3. The second-order valence-corrected chi connectivity index (χ2v) is 16.3. The largest absolute Gasteiger partial charge is 0.461 e. The molecule has 0 saturated carbocycles. The van der Waals surface area contributed by atoms with Gasteiger partial charge in [0, 0.05) is 73.7 Å². The maximum absolute atomic E-state index is 17.0. The van der Waals surface area contributed by atoms with E-state index in [0.717, 1.165) is 43.6 Å². The van der Waals surface area contributed by atoms with Crippen LogP contribution in [0.25, 0.3) is 32.2 Å². The number of nitrogens with zero attached hydrogens (tertiary/aromatic N) is 7. The summed E-state index contributed by atoms with van der Waals surface area (Å²) in [4.78, 5) is 34.8. The second-order valence-electron chi connectivity index (χ2n) is 14.8. The van der Waals surface area contributed by atoms with Gasteiger partial charge < -0.3 is 25.2 Å². The maximum atomic E-state index is 17.0. The van der Waals surface area contributed by atoms with Crippen LogP contribution in [0.2, 0.25) is 5.02 Å². The van der Waals surface area contributed by atoms with Crippen LogP contribution >= 0.6 is 22.9 Å². The van der Waals surface area contributed by atoms with Crippen molar-refractivity contribution < 1.29 is 22.7 Å². The van der Waals surface area contributed by atoms with E-state index in [1.165, 1.54) is 12.1 Å². The van der Waals surface area contributed by atoms with Gasteiger partial charge in [0.05, 0.1) is 20.8 Å². The average molecular weight is 741 g/mol. The lowest BCUT2D eigenvalue weighted by atomic mass is 9.73. The molecule has 4 aromatic rings. The van der Waals surface area contributed by atoms with Gasteiger partial charge in [0.2, 0.25) is 5.91 Å². The highest BCUT2D eigenvalue weighted by molar-refractivity contribution is 7.22. The minimum absolute atomic E-state index is 0.00158. The number of likely N-dealkylation sites (N-methyl/N-ethyl adjacent to an activating group) is 1. The summed E-state index contributed by atoms with van der Waals surface area (Å²) in [6, 6.07) is 4.34. The van der Waals surface area contributed by atoms with Crippen molar-refractivity contribution in [2.75, 3.05) is 77.1 Å². The van der Waals surface area contributed by atoms with Gasteiger partial charge in [-0.25, -0.2) is 18.2 Å². The topological polar surface area (TPSA) is 104 Å². The van der Waals surface area contributed by atoms with Gasteiger partial charge in [0.25, 0.3) is 0 Å². The van der Waals surface area contributed by atoms with E-state index >= 15 is 4.39 Å². The molecule has 0 bridgehead atoms. The predicted octanol–water partition coefficient (Wildman–Crippen LogP) is 5.92. The number of halogens is 4. The minimum atomic E-state index is -0.932. The van der Waals surface area contributed by atoms with Crippen LogP contribution in [0, 0.1) is 17.0 Å². The smallest absolute Gasteiger partial charge is 0.319 e. The third kappa shape index (κ3) is 6.17. The van der Waals surface area contributed by atoms with Gasteiger partial charge in [-0.3, -0.25) is 9.69 Å². The van der Waals surface area contributed by atoms with E-state index in [1.807, 2.05) is 30.0 Å². The molecule has 2 aromatic heterocycles. The van der Waals surface area contributed by atoms with E-state index in [0.29, 0.717) is 62.5 Å². The van der Waals surface area contributed by atoms with Crippen molar-refractivity contribution in [1.82, 2.24) is 29.7 Å². The SMILES string of the molecule is CN(C)C/C=C/C(=O)N1CC2(CCCN(c3nc(OC[C@@]45CCCN4C[C@H](F)C5)nc4c(F)c(-c5ccc(F)c6sc(N)nc56)c(Cl)cc34)C2)C1. The summed E-state index contributed by atoms with van der Waals surface area (Å²) in [6.45, 7) is 4.52. The lowest BCUT2D eigenvalue weighted by molar-refractivity contribution is -0.138. The molecule has 8 rings (SSSR count). The van der Waals surface area contributed by atoms with Crippen LogP contribution in [-0.2, 0) is 4.79 Å². The lowest BCUT2D eigenvalue weighted by Gasteiger charge is -2.54. The highest BCUT2D eigenvalue weighted by atomic mass is 35.5. The fraction of sp³-hybridized carbons (Fsp3) is 0.500. The molecule has 0 radical (unpaired) electrons. The van der Waals surface area contributed by atoms with E-state index in [2.05, 4.69) is 19.8 Å². The number of benzene rings is 2. The summed E-state index contributed by atoms with van der Waals surface area (Å²) in [7, 11) is 3.90. The number of nitrogens with two attached hydrogens (primary N) is 1. The van der Waals surface area contributed by atoms with Crippen LogP contribution in [-0.4, -0.2) is 114 Å².